The zero-order chi connectivity index (χ0) is 27.6. The van der Waals surface area contributed by atoms with Gasteiger partial charge in [-0.05, 0) is 61.9 Å². The number of carbonyl (C=O) groups is 2. The summed E-state index contributed by atoms with van der Waals surface area (Å²) in [4.78, 5) is 32.3. The number of nitrogens with zero attached hydrogens (tertiary/aromatic N) is 2. The van der Waals surface area contributed by atoms with E-state index in [0.717, 1.165) is 18.4 Å². The number of aromatic nitrogens is 1. The Morgan fingerprint density at radius 3 is 2.67 bits per heavy atom. The van der Waals surface area contributed by atoms with Crippen molar-refractivity contribution < 1.29 is 27.5 Å². The van der Waals surface area contributed by atoms with Crippen LogP contribution in [-0.4, -0.2) is 52.1 Å². The van der Waals surface area contributed by atoms with Crippen molar-refractivity contribution in [2.24, 2.45) is 5.92 Å². The van der Waals surface area contributed by atoms with Gasteiger partial charge < -0.3 is 19.7 Å². The molecule has 1 amide bonds. The first kappa shape index (κ1) is 27.3. The van der Waals surface area contributed by atoms with Crippen LogP contribution in [-0.2, 0) is 35.3 Å². The van der Waals surface area contributed by atoms with Crippen LogP contribution in [0.3, 0.4) is 0 Å². The molecule has 0 radical (unpaired) electrons. The van der Waals surface area contributed by atoms with Crippen LogP contribution in [0.4, 0.5) is 16.5 Å². The maximum absolute atomic E-state index is 13.7. The van der Waals surface area contributed by atoms with Crippen molar-refractivity contribution in [1.29, 1.82) is 0 Å². The van der Waals surface area contributed by atoms with E-state index >= 15 is 0 Å². The summed E-state index contributed by atoms with van der Waals surface area (Å²) in [5.74, 6) is -0.819. The van der Waals surface area contributed by atoms with Crippen LogP contribution in [0.1, 0.15) is 43.4 Å². The first-order valence-corrected chi connectivity index (χ1v) is 15.3. The molecule has 1 unspecified atom stereocenters. The van der Waals surface area contributed by atoms with Crippen molar-refractivity contribution in [2.75, 3.05) is 37.1 Å². The van der Waals surface area contributed by atoms with Gasteiger partial charge in [-0.3, -0.25) is 9.59 Å². The molecular formula is C28H31N3O6S2. The molecule has 1 N–H and O–H groups in total. The largest absolute Gasteiger partial charge is 0.466 e. The van der Waals surface area contributed by atoms with Crippen molar-refractivity contribution in [1.82, 2.24) is 4.98 Å². The average molecular weight is 570 g/mol. The smallest absolute Gasteiger partial charge is 0.311 e. The number of fused-ring (bicyclic) bond motifs is 2. The molecule has 0 spiro atoms. The van der Waals surface area contributed by atoms with Crippen molar-refractivity contribution in [3.63, 3.8) is 0 Å². The second-order valence-corrected chi connectivity index (χ2v) is 12.5. The van der Waals surface area contributed by atoms with E-state index < -0.39 is 15.8 Å². The first-order valence-electron chi connectivity index (χ1n) is 13.0. The van der Waals surface area contributed by atoms with Crippen molar-refractivity contribution in [3.05, 3.63) is 59.1 Å². The number of rotatable bonds is 8. The lowest BCUT2D eigenvalue weighted by molar-refractivity contribution is -0.142. The lowest BCUT2D eigenvalue weighted by atomic mass is 9.84. The number of benzene rings is 2. The first-order chi connectivity index (χ1) is 18.8. The van der Waals surface area contributed by atoms with Crippen molar-refractivity contribution in [2.45, 2.75) is 48.3 Å². The topological polar surface area (TPSA) is 115 Å². The number of ether oxygens (including phenoxy) is 2. The Morgan fingerprint density at radius 1 is 1.15 bits per heavy atom. The number of nitrogens with one attached hydrogen (secondary N) is 1. The van der Waals surface area contributed by atoms with Crippen LogP contribution >= 0.6 is 11.3 Å². The summed E-state index contributed by atoms with van der Waals surface area (Å²) in [5.41, 5.74) is 2.42. The molecule has 0 aliphatic carbocycles. The molecule has 3 aromatic rings. The standard InChI is InChI=1S/C28H31N3O6S2/c1-3-37-26(32)16-20-17-38-28(29-20)30-27(33)21(14-18-10-12-36-13-11-18)19-8-9-25-23(15-19)31(2)22-6-4-5-7-24(22)39(25,34)35/h4-9,15,17-18,21H,3,10-14,16H2,1-2H3,(H,29,30,33). The van der Waals surface area contributed by atoms with E-state index in [2.05, 4.69) is 10.3 Å². The highest BCUT2D eigenvalue weighted by atomic mass is 32.2. The number of para-hydroxylation sites is 1. The van der Waals surface area contributed by atoms with E-state index in [0.29, 0.717) is 54.4 Å². The zero-order valence-corrected chi connectivity index (χ0v) is 23.5. The molecule has 2 aliphatic heterocycles. The Kier molecular flexibility index (Phi) is 8.01. The highest BCUT2D eigenvalue weighted by molar-refractivity contribution is 7.92. The molecule has 11 heteroatoms. The van der Waals surface area contributed by atoms with E-state index in [1.54, 1.807) is 42.6 Å². The maximum Gasteiger partial charge on any atom is 0.311 e. The van der Waals surface area contributed by atoms with Gasteiger partial charge >= 0.3 is 5.97 Å². The van der Waals surface area contributed by atoms with Gasteiger partial charge in [-0.2, -0.15) is 0 Å². The molecule has 1 fully saturated rings. The summed E-state index contributed by atoms with van der Waals surface area (Å²) >= 11 is 1.25. The quantitative estimate of drug-likeness (QED) is 0.388. The van der Waals surface area contributed by atoms with Gasteiger partial charge in [0.1, 0.15) is 0 Å². The number of carbonyl (C=O) groups excluding carboxylic acids is 2. The molecule has 0 saturated carbocycles. The van der Waals surface area contributed by atoms with Gasteiger partial charge in [-0.15, -0.1) is 11.3 Å². The highest BCUT2D eigenvalue weighted by Gasteiger charge is 2.34. The molecule has 3 heterocycles. The molecule has 1 atom stereocenters. The number of amides is 1. The minimum Gasteiger partial charge on any atom is -0.466 e. The molecule has 1 saturated heterocycles. The van der Waals surface area contributed by atoms with Crippen molar-refractivity contribution in [3.8, 4) is 0 Å². The van der Waals surface area contributed by atoms with E-state index in [4.69, 9.17) is 9.47 Å². The Balaban J connectivity index is 1.44. The maximum atomic E-state index is 13.7. The van der Waals surface area contributed by atoms with Gasteiger partial charge in [0.15, 0.2) is 5.13 Å². The zero-order valence-electron chi connectivity index (χ0n) is 21.9. The SMILES string of the molecule is CCOC(=O)Cc1csc(NC(=O)C(CC2CCOCC2)c2ccc3c(c2)N(C)c2ccccc2S3(=O)=O)n1. The third-order valence-electron chi connectivity index (χ3n) is 7.19. The Bertz CT molecular complexity index is 1480. The summed E-state index contributed by atoms with van der Waals surface area (Å²) < 4.78 is 37.3. The second-order valence-electron chi connectivity index (χ2n) is 9.72. The Morgan fingerprint density at radius 2 is 1.90 bits per heavy atom. The van der Waals surface area contributed by atoms with Gasteiger partial charge in [-0.25, -0.2) is 13.4 Å². The van der Waals surface area contributed by atoms with Crippen LogP contribution in [0.25, 0.3) is 0 Å². The van der Waals surface area contributed by atoms with E-state index in [1.807, 2.05) is 24.1 Å². The Labute approximate surface area is 232 Å². The lowest BCUT2D eigenvalue weighted by Gasteiger charge is -2.31. The lowest BCUT2D eigenvalue weighted by Crippen LogP contribution is -2.27. The molecule has 1 aromatic heterocycles. The third-order valence-corrected chi connectivity index (χ3v) is 9.85. The number of esters is 1. The van der Waals surface area contributed by atoms with Crippen molar-refractivity contribution >= 4 is 49.6 Å². The summed E-state index contributed by atoms with van der Waals surface area (Å²) in [6.45, 7) is 3.36. The van der Waals surface area contributed by atoms with Crippen LogP contribution in [0.5, 0.6) is 0 Å². The van der Waals surface area contributed by atoms with E-state index in [9.17, 15) is 18.0 Å². The van der Waals surface area contributed by atoms with E-state index in [1.165, 1.54) is 11.3 Å². The third kappa shape index (κ3) is 5.70. The number of hydrogen-bond donors (Lipinski definition) is 1. The fraction of sp³-hybridized carbons (Fsp3) is 0.393. The number of hydrogen-bond acceptors (Lipinski definition) is 9. The van der Waals surface area contributed by atoms with Gasteiger partial charge in [0, 0.05) is 25.6 Å². The predicted octanol–water partition coefficient (Wildman–Crippen LogP) is 4.70. The Hall–Kier alpha value is -3.28. The molecule has 0 bridgehead atoms. The van der Waals surface area contributed by atoms with Gasteiger partial charge in [-0.1, -0.05) is 18.2 Å². The van der Waals surface area contributed by atoms with Crippen LogP contribution in [0.15, 0.2) is 57.6 Å². The van der Waals surface area contributed by atoms with Gasteiger partial charge in [0.05, 0.1) is 45.8 Å². The molecule has 206 valence electrons. The van der Waals surface area contributed by atoms with Gasteiger partial charge in [0.2, 0.25) is 15.7 Å². The second kappa shape index (κ2) is 11.4. The molecule has 39 heavy (non-hydrogen) atoms. The molecule has 5 rings (SSSR count). The minimum atomic E-state index is -3.69. The summed E-state index contributed by atoms with van der Waals surface area (Å²) in [5, 5.41) is 5.07. The summed E-state index contributed by atoms with van der Waals surface area (Å²) in [6, 6.07) is 12.1. The molecular weight excluding hydrogens is 538 g/mol. The fourth-order valence-corrected chi connectivity index (χ4v) is 7.56. The van der Waals surface area contributed by atoms with Gasteiger partial charge in [0.25, 0.3) is 0 Å². The van der Waals surface area contributed by atoms with Crippen LogP contribution in [0.2, 0.25) is 0 Å². The molecule has 2 aromatic carbocycles. The van der Waals surface area contributed by atoms with Crippen LogP contribution in [0, 0.1) is 5.92 Å². The van der Waals surface area contributed by atoms with Crippen LogP contribution < -0.4 is 10.2 Å². The predicted molar refractivity (Wildman–Crippen MR) is 148 cm³/mol. The molecule has 9 nitrogen and oxygen atoms in total. The molecule has 2 aliphatic rings. The average Bonchev–Trinajstić information content (AvgIpc) is 3.37. The van der Waals surface area contributed by atoms with E-state index in [-0.39, 0.29) is 28.1 Å². The monoisotopic (exact) mass is 569 g/mol. The summed E-state index contributed by atoms with van der Waals surface area (Å²) in [6.07, 6.45) is 2.36. The number of anilines is 3. The highest BCUT2D eigenvalue weighted by Crippen LogP contribution is 2.44. The summed E-state index contributed by atoms with van der Waals surface area (Å²) in [7, 11) is -1.85. The normalized spacial score (nSPS) is 17.1. The number of sulfone groups is 1. The fourth-order valence-electron chi connectivity index (χ4n) is 5.16. The number of thiazole rings is 1. The minimum absolute atomic E-state index is 0.0405.